The van der Waals surface area contributed by atoms with Crippen LogP contribution in [0.25, 0.3) is 0 Å². The van der Waals surface area contributed by atoms with Crippen molar-refractivity contribution in [3.8, 4) is 12.3 Å². The lowest BCUT2D eigenvalue weighted by Crippen LogP contribution is -1.84. The maximum absolute atomic E-state index is 4.60. The van der Waals surface area contributed by atoms with E-state index in [0.29, 0.717) is 0 Å². The molecule has 0 saturated carbocycles. The number of aliphatic imine (C=N–C) groups is 1. The number of hydrogen-bond acceptors (Lipinski definition) is 1. The van der Waals surface area contributed by atoms with E-state index in [1.807, 2.05) is 13.8 Å². The van der Waals surface area contributed by atoms with Crippen LogP contribution in [0.5, 0.6) is 0 Å². The van der Waals surface area contributed by atoms with Crippen molar-refractivity contribution in [1.82, 2.24) is 0 Å². The van der Waals surface area contributed by atoms with Gasteiger partial charge in [0, 0.05) is 12.3 Å². The van der Waals surface area contributed by atoms with Crippen LogP contribution in [0.15, 0.2) is 17.1 Å². The van der Waals surface area contributed by atoms with Gasteiger partial charge in [-0.1, -0.05) is 13.0 Å². The van der Waals surface area contributed by atoms with E-state index >= 15 is 0 Å². The van der Waals surface area contributed by atoms with Crippen LogP contribution < -0.4 is 0 Å². The molecule has 0 aromatic heterocycles. The quantitative estimate of drug-likeness (QED) is 0.450. The Bertz CT molecular complexity index is 170. The Morgan fingerprint density at radius 2 is 2.00 bits per heavy atom. The van der Waals surface area contributed by atoms with Crippen molar-refractivity contribution in [1.29, 1.82) is 0 Å². The highest BCUT2D eigenvalue weighted by molar-refractivity contribution is 5.92. The molecular weight excluding hydrogens is 146 g/mol. The summed E-state index contributed by atoms with van der Waals surface area (Å²) >= 11 is 0. The molecule has 0 rings (SSSR count). The first kappa shape index (κ1) is 13.6. The summed E-state index contributed by atoms with van der Waals surface area (Å²) in [4.78, 5) is 4.19. The monoisotopic (exact) mass is 165 g/mol. The summed E-state index contributed by atoms with van der Waals surface area (Å²) in [5, 5.41) is 0. The van der Waals surface area contributed by atoms with Crippen LogP contribution in [0, 0.1) is 12.3 Å². The molecule has 0 N–H and O–H groups in total. The van der Waals surface area contributed by atoms with E-state index in [-0.39, 0.29) is 0 Å². The van der Waals surface area contributed by atoms with E-state index in [1.54, 1.807) is 6.92 Å². The molecule has 0 aromatic carbocycles. The molecule has 0 bridgehead atoms. The average molecular weight is 165 g/mol. The Hall–Kier alpha value is -1.03. The van der Waals surface area contributed by atoms with Gasteiger partial charge in [-0.15, -0.1) is 12.3 Å². The van der Waals surface area contributed by atoms with E-state index in [1.165, 1.54) is 0 Å². The van der Waals surface area contributed by atoms with E-state index in [2.05, 4.69) is 36.4 Å². The standard InChI is InChI=1S/C8H15N.C3H4/c1-4-6-7-8(3)9-5-2;1-3-2/h6-7H,4-5H2,1-3H3;1H,2H3/b7-6-,9-8?;. The Morgan fingerprint density at radius 3 is 2.33 bits per heavy atom. The van der Waals surface area contributed by atoms with Crippen LogP contribution in [0.2, 0.25) is 0 Å². The van der Waals surface area contributed by atoms with E-state index in [0.717, 1.165) is 18.7 Å². The molecule has 0 fully saturated rings. The maximum Gasteiger partial charge on any atom is 0.0364 e. The minimum absolute atomic E-state index is 0.889. The zero-order chi connectivity index (χ0) is 9.82. The molecule has 0 heterocycles. The van der Waals surface area contributed by atoms with Crippen molar-refractivity contribution >= 4 is 5.71 Å². The van der Waals surface area contributed by atoms with Crippen LogP contribution in [0.1, 0.15) is 34.1 Å². The molecule has 0 aliphatic carbocycles. The van der Waals surface area contributed by atoms with Crippen LogP contribution in [0.3, 0.4) is 0 Å². The second-order valence-electron chi connectivity index (χ2n) is 2.22. The van der Waals surface area contributed by atoms with E-state index in [9.17, 15) is 0 Å². The van der Waals surface area contributed by atoms with Crippen LogP contribution in [-0.4, -0.2) is 12.3 Å². The van der Waals surface area contributed by atoms with Crippen LogP contribution in [-0.2, 0) is 0 Å². The predicted octanol–water partition coefficient (Wildman–Crippen LogP) is 3.07. The Balaban J connectivity index is 0. The molecule has 0 radical (unpaired) electrons. The first-order valence-electron chi connectivity index (χ1n) is 4.27. The lowest BCUT2D eigenvalue weighted by molar-refractivity contribution is 1.13. The average Bonchev–Trinajstić information content (AvgIpc) is 2.03. The zero-order valence-electron chi connectivity index (χ0n) is 8.59. The van der Waals surface area contributed by atoms with Crippen molar-refractivity contribution < 1.29 is 0 Å². The summed E-state index contributed by atoms with van der Waals surface area (Å²) < 4.78 is 0. The van der Waals surface area contributed by atoms with Gasteiger partial charge in [0.15, 0.2) is 0 Å². The molecule has 68 valence electrons. The fraction of sp³-hybridized carbons (Fsp3) is 0.545. The van der Waals surface area contributed by atoms with Crippen molar-refractivity contribution in [3.63, 3.8) is 0 Å². The molecule has 12 heavy (non-hydrogen) atoms. The largest absolute Gasteiger partial charge is 0.290 e. The number of hydrogen-bond donors (Lipinski definition) is 0. The van der Waals surface area contributed by atoms with Gasteiger partial charge >= 0.3 is 0 Å². The first-order valence-corrected chi connectivity index (χ1v) is 4.27. The van der Waals surface area contributed by atoms with Gasteiger partial charge < -0.3 is 0 Å². The summed E-state index contributed by atoms with van der Waals surface area (Å²) in [6.45, 7) is 8.73. The minimum atomic E-state index is 0.889. The molecule has 0 amide bonds. The lowest BCUT2D eigenvalue weighted by atomic mass is 10.3. The zero-order valence-corrected chi connectivity index (χ0v) is 8.59. The smallest absolute Gasteiger partial charge is 0.0364 e. The fourth-order valence-corrected chi connectivity index (χ4v) is 0.591. The molecule has 0 saturated heterocycles. The van der Waals surface area contributed by atoms with Gasteiger partial charge in [0.2, 0.25) is 0 Å². The summed E-state index contributed by atoms with van der Waals surface area (Å²) in [6.07, 6.45) is 9.87. The molecule has 1 heteroatoms. The highest BCUT2D eigenvalue weighted by Crippen LogP contribution is 1.83. The topological polar surface area (TPSA) is 12.4 Å². The van der Waals surface area contributed by atoms with Gasteiger partial charge in [0.05, 0.1) is 0 Å². The van der Waals surface area contributed by atoms with Crippen molar-refractivity contribution in [2.45, 2.75) is 34.1 Å². The van der Waals surface area contributed by atoms with Crippen molar-refractivity contribution in [3.05, 3.63) is 12.2 Å². The summed E-state index contributed by atoms with van der Waals surface area (Å²) in [5.41, 5.74) is 1.12. The van der Waals surface area contributed by atoms with Gasteiger partial charge in [0.1, 0.15) is 0 Å². The van der Waals surface area contributed by atoms with Crippen molar-refractivity contribution in [2.75, 3.05) is 6.54 Å². The Morgan fingerprint density at radius 1 is 1.50 bits per heavy atom. The number of nitrogens with zero attached hydrogens (tertiary/aromatic N) is 1. The highest BCUT2D eigenvalue weighted by atomic mass is 14.7. The first-order chi connectivity index (χ1) is 5.72. The molecule has 0 spiro atoms. The fourth-order valence-electron chi connectivity index (χ4n) is 0.591. The minimum Gasteiger partial charge on any atom is -0.290 e. The second-order valence-corrected chi connectivity index (χ2v) is 2.22. The van der Waals surface area contributed by atoms with Crippen LogP contribution in [0.4, 0.5) is 0 Å². The highest BCUT2D eigenvalue weighted by Gasteiger charge is 1.77. The molecular formula is C11H19N. The molecule has 0 aliphatic rings. The lowest BCUT2D eigenvalue weighted by Gasteiger charge is -1.87. The maximum atomic E-state index is 4.60. The molecule has 0 aromatic rings. The van der Waals surface area contributed by atoms with Gasteiger partial charge in [-0.05, 0) is 33.3 Å². The Kier molecular flexibility index (Phi) is 14.3. The van der Waals surface area contributed by atoms with Crippen molar-refractivity contribution in [2.24, 2.45) is 4.99 Å². The number of rotatable bonds is 3. The van der Waals surface area contributed by atoms with Gasteiger partial charge in [0.25, 0.3) is 0 Å². The molecule has 0 atom stereocenters. The third kappa shape index (κ3) is 16.0. The SMILES string of the molecule is C#CC.CC/C=C\C(C)=NCC. The third-order valence-electron chi connectivity index (χ3n) is 1.00. The summed E-state index contributed by atoms with van der Waals surface area (Å²) in [5.74, 6) is 2.25. The predicted molar refractivity (Wildman–Crippen MR) is 57.6 cm³/mol. The summed E-state index contributed by atoms with van der Waals surface area (Å²) in [6, 6.07) is 0. The number of allylic oxidation sites excluding steroid dienone is 2. The van der Waals surface area contributed by atoms with Gasteiger partial charge in [-0.3, -0.25) is 4.99 Å². The molecule has 1 nitrogen and oxygen atoms in total. The normalized spacial score (nSPS) is 10.4. The molecule has 0 aliphatic heterocycles. The second kappa shape index (κ2) is 12.6. The number of terminal acetylenes is 1. The third-order valence-corrected chi connectivity index (χ3v) is 1.00. The Labute approximate surface area is 76.6 Å². The summed E-state index contributed by atoms with van der Waals surface area (Å²) in [7, 11) is 0. The van der Waals surface area contributed by atoms with Crippen LogP contribution >= 0.6 is 0 Å². The molecule has 0 unspecified atom stereocenters. The van der Waals surface area contributed by atoms with Gasteiger partial charge in [-0.2, -0.15) is 0 Å². The van der Waals surface area contributed by atoms with E-state index in [4.69, 9.17) is 0 Å². The van der Waals surface area contributed by atoms with Gasteiger partial charge in [-0.25, -0.2) is 0 Å². The van der Waals surface area contributed by atoms with E-state index < -0.39 is 0 Å².